The molecular formula is C21H20N4O2. The molecule has 2 heterocycles. The standard InChI is InChI=1S/C21H20N4O2/c1-26-19-6-3-14(11-20(19)27-2)13-23-16-4-5-17-18(12-16)25-21(24-17)15-7-9-22-10-8-15/h3-12,23H,13H2,1-2H3,(H,24,25). The Labute approximate surface area is 157 Å². The van der Waals surface area contributed by atoms with Gasteiger partial charge in [-0.15, -0.1) is 0 Å². The van der Waals surface area contributed by atoms with Crippen LogP contribution in [0, 0.1) is 0 Å². The lowest BCUT2D eigenvalue weighted by Gasteiger charge is -2.11. The van der Waals surface area contributed by atoms with Gasteiger partial charge in [0.25, 0.3) is 0 Å². The van der Waals surface area contributed by atoms with Crippen LogP contribution < -0.4 is 14.8 Å². The Balaban J connectivity index is 1.53. The number of nitrogens with zero attached hydrogens (tertiary/aromatic N) is 2. The number of aromatic amines is 1. The van der Waals surface area contributed by atoms with Crippen molar-refractivity contribution in [1.82, 2.24) is 15.0 Å². The van der Waals surface area contributed by atoms with Crippen molar-refractivity contribution in [3.63, 3.8) is 0 Å². The number of ether oxygens (including phenoxy) is 2. The number of fused-ring (bicyclic) bond motifs is 1. The van der Waals surface area contributed by atoms with Crippen LogP contribution in [0.2, 0.25) is 0 Å². The van der Waals surface area contributed by atoms with Gasteiger partial charge in [-0.2, -0.15) is 0 Å². The highest BCUT2D eigenvalue weighted by Crippen LogP contribution is 2.28. The Morgan fingerprint density at radius 2 is 1.74 bits per heavy atom. The average Bonchev–Trinajstić information content (AvgIpc) is 3.16. The minimum absolute atomic E-state index is 0.678. The van der Waals surface area contributed by atoms with Gasteiger partial charge in [-0.25, -0.2) is 4.98 Å². The van der Waals surface area contributed by atoms with Gasteiger partial charge in [0.2, 0.25) is 0 Å². The quantitative estimate of drug-likeness (QED) is 0.538. The molecular weight excluding hydrogens is 340 g/mol. The first kappa shape index (κ1) is 16.9. The van der Waals surface area contributed by atoms with Crippen molar-refractivity contribution in [3.05, 3.63) is 66.5 Å². The van der Waals surface area contributed by atoms with Crippen LogP contribution in [-0.4, -0.2) is 29.2 Å². The number of imidazole rings is 1. The Bertz CT molecular complexity index is 1060. The summed E-state index contributed by atoms with van der Waals surface area (Å²) < 4.78 is 10.6. The van der Waals surface area contributed by atoms with E-state index in [-0.39, 0.29) is 0 Å². The van der Waals surface area contributed by atoms with E-state index in [2.05, 4.69) is 26.3 Å². The van der Waals surface area contributed by atoms with E-state index in [1.807, 2.05) is 42.5 Å². The average molecular weight is 360 g/mol. The Morgan fingerprint density at radius 1 is 0.926 bits per heavy atom. The summed E-state index contributed by atoms with van der Waals surface area (Å²) in [5.41, 5.74) is 5.05. The van der Waals surface area contributed by atoms with Crippen molar-refractivity contribution in [2.45, 2.75) is 6.54 Å². The van der Waals surface area contributed by atoms with E-state index in [9.17, 15) is 0 Å². The van der Waals surface area contributed by atoms with E-state index >= 15 is 0 Å². The number of methoxy groups -OCH3 is 2. The molecule has 0 saturated carbocycles. The smallest absolute Gasteiger partial charge is 0.161 e. The zero-order valence-electron chi connectivity index (χ0n) is 15.2. The molecule has 0 aliphatic carbocycles. The Hall–Kier alpha value is -3.54. The van der Waals surface area contributed by atoms with Gasteiger partial charge in [-0.3, -0.25) is 4.98 Å². The number of aromatic nitrogens is 3. The number of hydrogen-bond donors (Lipinski definition) is 2. The van der Waals surface area contributed by atoms with E-state index in [0.29, 0.717) is 6.54 Å². The lowest BCUT2D eigenvalue weighted by molar-refractivity contribution is 0.354. The van der Waals surface area contributed by atoms with Crippen molar-refractivity contribution in [1.29, 1.82) is 0 Å². The van der Waals surface area contributed by atoms with Gasteiger partial charge in [-0.1, -0.05) is 6.07 Å². The maximum Gasteiger partial charge on any atom is 0.161 e. The lowest BCUT2D eigenvalue weighted by Crippen LogP contribution is -2.00. The van der Waals surface area contributed by atoms with Gasteiger partial charge in [0.05, 0.1) is 25.3 Å². The highest BCUT2D eigenvalue weighted by Gasteiger charge is 2.07. The van der Waals surface area contributed by atoms with E-state index in [1.54, 1.807) is 26.6 Å². The predicted octanol–water partition coefficient (Wildman–Crippen LogP) is 4.25. The van der Waals surface area contributed by atoms with Crippen LogP contribution in [-0.2, 0) is 6.54 Å². The minimum atomic E-state index is 0.678. The number of nitrogens with one attached hydrogen (secondary N) is 2. The molecule has 0 aliphatic rings. The number of hydrogen-bond acceptors (Lipinski definition) is 5. The Morgan fingerprint density at radius 3 is 2.52 bits per heavy atom. The molecule has 0 bridgehead atoms. The third-order valence-corrected chi connectivity index (χ3v) is 4.38. The van der Waals surface area contributed by atoms with E-state index in [4.69, 9.17) is 9.47 Å². The van der Waals surface area contributed by atoms with Crippen molar-refractivity contribution in [2.24, 2.45) is 0 Å². The number of rotatable bonds is 6. The number of benzene rings is 2. The molecule has 2 aromatic heterocycles. The van der Waals surface area contributed by atoms with Crippen molar-refractivity contribution in [2.75, 3.05) is 19.5 Å². The molecule has 2 aromatic carbocycles. The van der Waals surface area contributed by atoms with Gasteiger partial charge >= 0.3 is 0 Å². The molecule has 4 rings (SSSR count). The molecule has 27 heavy (non-hydrogen) atoms. The fraction of sp³-hybridized carbons (Fsp3) is 0.143. The summed E-state index contributed by atoms with van der Waals surface area (Å²) in [5.74, 6) is 2.29. The molecule has 0 unspecified atom stereocenters. The molecule has 6 heteroatoms. The molecule has 4 aromatic rings. The summed E-state index contributed by atoms with van der Waals surface area (Å²) in [6, 6.07) is 15.9. The first-order valence-corrected chi connectivity index (χ1v) is 8.62. The monoisotopic (exact) mass is 360 g/mol. The molecule has 0 aliphatic heterocycles. The molecule has 136 valence electrons. The maximum absolute atomic E-state index is 5.36. The first-order valence-electron chi connectivity index (χ1n) is 8.62. The second kappa shape index (κ2) is 7.37. The molecule has 0 saturated heterocycles. The molecule has 2 N–H and O–H groups in total. The largest absolute Gasteiger partial charge is 0.493 e. The van der Waals surface area contributed by atoms with Crippen molar-refractivity contribution < 1.29 is 9.47 Å². The number of H-pyrrole nitrogens is 1. The van der Waals surface area contributed by atoms with Gasteiger partial charge < -0.3 is 19.8 Å². The third kappa shape index (κ3) is 3.55. The van der Waals surface area contributed by atoms with Crippen LogP contribution >= 0.6 is 0 Å². The van der Waals surface area contributed by atoms with Crippen LogP contribution in [0.15, 0.2) is 60.9 Å². The molecule has 0 atom stereocenters. The fourth-order valence-corrected chi connectivity index (χ4v) is 2.96. The molecule has 0 fully saturated rings. The van der Waals surface area contributed by atoms with Crippen LogP contribution in [0.25, 0.3) is 22.4 Å². The fourth-order valence-electron chi connectivity index (χ4n) is 2.96. The topological polar surface area (TPSA) is 72.1 Å². The minimum Gasteiger partial charge on any atom is -0.493 e. The van der Waals surface area contributed by atoms with Gasteiger partial charge in [0, 0.05) is 30.2 Å². The highest BCUT2D eigenvalue weighted by atomic mass is 16.5. The van der Waals surface area contributed by atoms with Crippen LogP contribution in [0.5, 0.6) is 11.5 Å². The molecule has 0 radical (unpaired) electrons. The summed E-state index contributed by atoms with van der Waals surface area (Å²) in [5, 5.41) is 3.44. The number of pyridine rings is 1. The molecule has 6 nitrogen and oxygen atoms in total. The van der Waals surface area contributed by atoms with Crippen LogP contribution in [0.3, 0.4) is 0 Å². The summed E-state index contributed by atoms with van der Waals surface area (Å²) in [6.45, 7) is 0.678. The summed E-state index contributed by atoms with van der Waals surface area (Å²) in [6.07, 6.45) is 3.53. The second-order valence-electron chi connectivity index (χ2n) is 6.10. The lowest BCUT2D eigenvalue weighted by atomic mass is 10.2. The zero-order chi connectivity index (χ0) is 18.6. The predicted molar refractivity (Wildman–Crippen MR) is 106 cm³/mol. The summed E-state index contributed by atoms with van der Waals surface area (Å²) in [7, 11) is 3.28. The van der Waals surface area contributed by atoms with Crippen LogP contribution in [0.4, 0.5) is 5.69 Å². The normalized spacial score (nSPS) is 10.7. The SMILES string of the molecule is COc1ccc(CNc2ccc3nc(-c4ccncc4)[nH]c3c2)cc1OC. The highest BCUT2D eigenvalue weighted by molar-refractivity contribution is 5.82. The third-order valence-electron chi connectivity index (χ3n) is 4.38. The van der Waals surface area contributed by atoms with Crippen molar-refractivity contribution >= 4 is 16.7 Å². The summed E-state index contributed by atoms with van der Waals surface area (Å²) in [4.78, 5) is 12.1. The van der Waals surface area contributed by atoms with Crippen LogP contribution in [0.1, 0.15) is 5.56 Å². The maximum atomic E-state index is 5.36. The van der Waals surface area contributed by atoms with Crippen molar-refractivity contribution in [3.8, 4) is 22.9 Å². The first-order chi connectivity index (χ1) is 13.3. The van der Waals surface area contributed by atoms with E-state index < -0.39 is 0 Å². The number of anilines is 1. The Kier molecular flexibility index (Phi) is 4.61. The van der Waals surface area contributed by atoms with Gasteiger partial charge in [-0.05, 0) is 48.0 Å². The molecule has 0 amide bonds. The molecule has 0 spiro atoms. The zero-order valence-corrected chi connectivity index (χ0v) is 15.2. The summed E-state index contributed by atoms with van der Waals surface area (Å²) >= 11 is 0. The van der Waals surface area contributed by atoms with Gasteiger partial charge in [0.15, 0.2) is 11.5 Å². The second-order valence-corrected chi connectivity index (χ2v) is 6.10. The van der Waals surface area contributed by atoms with Gasteiger partial charge in [0.1, 0.15) is 5.82 Å². The van der Waals surface area contributed by atoms with E-state index in [0.717, 1.165) is 45.2 Å². The van der Waals surface area contributed by atoms with E-state index in [1.165, 1.54) is 0 Å².